The first-order valence-corrected chi connectivity index (χ1v) is 11.1. The summed E-state index contributed by atoms with van der Waals surface area (Å²) in [5.74, 6) is 0.684. The highest BCUT2D eigenvalue weighted by Crippen LogP contribution is 2.24. The number of benzene rings is 2. The van der Waals surface area contributed by atoms with Crippen LogP contribution < -0.4 is 10.1 Å². The number of thioether (sulfide) groups is 1. The Balaban J connectivity index is 1.58. The van der Waals surface area contributed by atoms with Crippen molar-refractivity contribution in [2.24, 2.45) is 10.2 Å². The Morgan fingerprint density at radius 3 is 2.70 bits per heavy atom. The van der Waals surface area contributed by atoms with Crippen LogP contribution >= 0.6 is 11.8 Å². The summed E-state index contributed by atoms with van der Waals surface area (Å²) in [6.45, 7) is 6.28. The van der Waals surface area contributed by atoms with E-state index in [9.17, 15) is 4.79 Å². The van der Waals surface area contributed by atoms with Gasteiger partial charge in [-0.1, -0.05) is 74.2 Å². The lowest BCUT2D eigenvalue weighted by atomic mass is 10.0. The lowest BCUT2D eigenvalue weighted by molar-refractivity contribution is -0.118. The van der Waals surface area contributed by atoms with E-state index in [0.29, 0.717) is 23.9 Å². The van der Waals surface area contributed by atoms with Crippen molar-refractivity contribution in [3.8, 4) is 5.75 Å². The fourth-order valence-electron chi connectivity index (χ4n) is 3.03. The zero-order chi connectivity index (χ0) is 21.2. The van der Waals surface area contributed by atoms with Crippen LogP contribution in [0.25, 0.3) is 0 Å². The summed E-state index contributed by atoms with van der Waals surface area (Å²) < 4.78 is 5.61. The topological polar surface area (TPSA) is 63.1 Å². The highest BCUT2D eigenvalue weighted by molar-refractivity contribution is 8.15. The molecule has 0 saturated carbocycles. The number of ether oxygens (including phenoxy) is 1. The molecular weight excluding hydrogens is 394 g/mol. The molecule has 1 atom stereocenters. The van der Waals surface area contributed by atoms with Crippen molar-refractivity contribution < 1.29 is 9.53 Å². The number of carbonyl (C=O) groups excluding carboxylic acids is 1. The van der Waals surface area contributed by atoms with Gasteiger partial charge < -0.3 is 10.1 Å². The van der Waals surface area contributed by atoms with E-state index in [4.69, 9.17) is 4.74 Å². The van der Waals surface area contributed by atoms with Gasteiger partial charge in [0.25, 0.3) is 0 Å². The second-order valence-corrected chi connectivity index (χ2v) is 8.20. The maximum Gasteiger partial charge on any atom is 0.239 e. The Kier molecular flexibility index (Phi) is 8.27. The maximum atomic E-state index is 12.3. The van der Waals surface area contributed by atoms with Crippen LogP contribution in [0.2, 0.25) is 0 Å². The van der Waals surface area contributed by atoms with Gasteiger partial charge in [0.1, 0.15) is 12.4 Å². The second-order valence-electron chi connectivity index (χ2n) is 7.01. The van der Waals surface area contributed by atoms with Crippen LogP contribution in [0, 0.1) is 0 Å². The van der Waals surface area contributed by atoms with Crippen LogP contribution in [0.5, 0.6) is 5.75 Å². The minimum absolute atomic E-state index is 0.0290. The molecule has 0 aliphatic carbocycles. The third-order valence-corrected chi connectivity index (χ3v) is 5.73. The number of rotatable bonds is 10. The molecule has 6 heteroatoms. The first-order chi connectivity index (χ1) is 14.7. The molecule has 0 bridgehead atoms. The van der Waals surface area contributed by atoms with Crippen molar-refractivity contribution in [2.45, 2.75) is 37.9 Å². The van der Waals surface area contributed by atoms with Crippen LogP contribution in [0.3, 0.4) is 0 Å². The first-order valence-electron chi connectivity index (χ1n) is 10.2. The predicted molar refractivity (Wildman–Crippen MR) is 125 cm³/mol. The molecule has 2 aromatic rings. The number of amides is 1. The van der Waals surface area contributed by atoms with Crippen LogP contribution in [0.1, 0.15) is 36.5 Å². The Bertz CT molecular complexity index is 922. The molecular formula is C24H27N3O2S. The van der Waals surface area contributed by atoms with E-state index < -0.39 is 0 Å². The molecule has 1 N–H and O–H groups in total. The standard InChI is InChI=1S/C24H27N3O2S/c1-3-5-8-18-11-13-19(14-12-18)16-22-23(28)26-24(30-22)27-25-17-20-9-6-7-10-21(20)29-15-4-2/h4,6-7,9-14,17,22H,2-3,5,8,15-16H2,1H3,(H,26,27,28)/b25-17-/t22-/m1/s1. The molecule has 3 rings (SSSR count). The van der Waals surface area contributed by atoms with Crippen LogP contribution in [0.15, 0.2) is 71.4 Å². The van der Waals surface area contributed by atoms with E-state index in [2.05, 4.69) is 53.3 Å². The molecule has 156 valence electrons. The highest BCUT2D eigenvalue weighted by atomic mass is 32.2. The van der Waals surface area contributed by atoms with Gasteiger partial charge >= 0.3 is 0 Å². The van der Waals surface area contributed by atoms with Crippen molar-refractivity contribution in [3.05, 3.63) is 77.9 Å². The summed E-state index contributed by atoms with van der Waals surface area (Å²) in [5.41, 5.74) is 3.32. The van der Waals surface area contributed by atoms with Gasteiger partial charge in [0.05, 0.1) is 11.5 Å². The molecule has 0 spiro atoms. The molecule has 30 heavy (non-hydrogen) atoms. The van der Waals surface area contributed by atoms with Gasteiger partial charge in [-0.3, -0.25) is 4.79 Å². The quantitative estimate of drug-likeness (QED) is 0.342. The van der Waals surface area contributed by atoms with Crippen molar-refractivity contribution >= 4 is 29.1 Å². The van der Waals surface area contributed by atoms with Crippen molar-refractivity contribution in [1.82, 2.24) is 5.32 Å². The molecule has 1 fully saturated rings. The van der Waals surface area contributed by atoms with E-state index in [1.807, 2.05) is 24.3 Å². The fraction of sp³-hybridized carbons (Fsp3) is 0.292. The molecule has 0 aromatic heterocycles. The average Bonchev–Trinajstić information content (AvgIpc) is 3.11. The summed E-state index contributed by atoms with van der Waals surface area (Å²) in [5, 5.41) is 11.4. The molecule has 1 amide bonds. The number of para-hydroxylation sites is 1. The summed E-state index contributed by atoms with van der Waals surface area (Å²) in [7, 11) is 0. The Hall–Kier alpha value is -2.86. The minimum Gasteiger partial charge on any atom is -0.489 e. The van der Waals surface area contributed by atoms with Gasteiger partial charge in [0.15, 0.2) is 5.17 Å². The molecule has 1 saturated heterocycles. The van der Waals surface area contributed by atoms with E-state index in [-0.39, 0.29) is 11.2 Å². The zero-order valence-electron chi connectivity index (χ0n) is 17.2. The van der Waals surface area contributed by atoms with Crippen LogP contribution in [-0.4, -0.2) is 29.1 Å². The maximum absolute atomic E-state index is 12.3. The molecule has 1 aliphatic heterocycles. The third-order valence-electron chi connectivity index (χ3n) is 4.66. The van der Waals surface area contributed by atoms with Gasteiger partial charge in [-0.25, -0.2) is 0 Å². The summed E-state index contributed by atoms with van der Waals surface area (Å²) in [6.07, 6.45) is 7.49. The summed E-state index contributed by atoms with van der Waals surface area (Å²) in [4.78, 5) is 12.3. The van der Waals surface area contributed by atoms with E-state index in [1.165, 1.54) is 30.2 Å². The molecule has 0 unspecified atom stereocenters. The van der Waals surface area contributed by atoms with Gasteiger partial charge in [-0.05, 0) is 42.5 Å². The Morgan fingerprint density at radius 1 is 1.17 bits per heavy atom. The van der Waals surface area contributed by atoms with Crippen LogP contribution in [-0.2, 0) is 17.6 Å². The number of carbonyl (C=O) groups is 1. The molecule has 2 aromatic carbocycles. The van der Waals surface area contributed by atoms with E-state index >= 15 is 0 Å². The van der Waals surface area contributed by atoms with Gasteiger partial charge in [0, 0.05) is 5.56 Å². The predicted octanol–water partition coefficient (Wildman–Crippen LogP) is 4.76. The summed E-state index contributed by atoms with van der Waals surface area (Å²) in [6, 6.07) is 16.1. The summed E-state index contributed by atoms with van der Waals surface area (Å²) >= 11 is 1.42. The fourth-order valence-corrected chi connectivity index (χ4v) is 4.00. The molecule has 5 nitrogen and oxygen atoms in total. The number of nitrogens with zero attached hydrogens (tertiary/aromatic N) is 2. The number of nitrogens with one attached hydrogen (secondary N) is 1. The normalized spacial score (nSPS) is 17.4. The van der Waals surface area contributed by atoms with E-state index in [0.717, 1.165) is 17.5 Å². The van der Waals surface area contributed by atoms with Crippen molar-refractivity contribution in [1.29, 1.82) is 0 Å². The van der Waals surface area contributed by atoms with Gasteiger partial charge in [-0.15, -0.1) is 5.10 Å². The molecule has 1 aliphatic rings. The largest absolute Gasteiger partial charge is 0.489 e. The lowest BCUT2D eigenvalue weighted by Gasteiger charge is -2.06. The number of hydrogen-bond acceptors (Lipinski definition) is 5. The average molecular weight is 422 g/mol. The molecule has 0 radical (unpaired) electrons. The smallest absolute Gasteiger partial charge is 0.239 e. The van der Waals surface area contributed by atoms with Crippen molar-refractivity contribution in [2.75, 3.05) is 6.61 Å². The Labute approximate surface area is 182 Å². The van der Waals surface area contributed by atoms with Crippen molar-refractivity contribution in [3.63, 3.8) is 0 Å². The highest BCUT2D eigenvalue weighted by Gasteiger charge is 2.30. The minimum atomic E-state index is -0.191. The monoisotopic (exact) mass is 421 g/mol. The number of unbranched alkanes of at least 4 members (excludes halogenated alkanes) is 1. The van der Waals surface area contributed by atoms with Gasteiger partial charge in [0.2, 0.25) is 5.91 Å². The number of amidine groups is 1. The lowest BCUT2D eigenvalue weighted by Crippen LogP contribution is -2.25. The second kappa shape index (κ2) is 11.4. The van der Waals surface area contributed by atoms with Gasteiger partial charge in [-0.2, -0.15) is 5.10 Å². The molecule has 1 heterocycles. The first kappa shape index (κ1) is 21.8. The Morgan fingerprint density at radius 2 is 1.93 bits per heavy atom. The number of hydrogen-bond donors (Lipinski definition) is 1. The van der Waals surface area contributed by atoms with Crippen LogP contribution in [0.4, 0.5) is 0 Å². The van der Waals surface area contributed by atoms with E-state index in [1.54, 1.807) is 12.3 Å². The zero-order valence-corrected chi connectivity index (χ0v) is 18.0. The number of aryl methyl sites for hydroxylation is 1. The third kappa shape index (κ3) is 6.32. The SMILES string of the molecule is C=CCOc1ccccc1/C=N\N=C1/NC(=O)[C@@H](Cc2ccc(CCCC)cc2)S1.